The van der Waals surface area contributed by atoms with Crippen molar-refractivity contribution >= 4 is 17.5 Å². The highest BCUT2D eigenvalue weighted by atomic mass is 19.4. The van der Waals surface area contributed by atoms with Gasteiger partial charge in [0.05, 0.1) is 5.92 Å². The number of nitrogens with one attached hydrogen (secondary N) is 1. The quantitative estimate of drug-likeness (QED) is 0.777. The number of rotatable bonds is 4. The molecule has 1 aromatic rings. The summed E-state index contributed by atoms with van der Waals surface area (Å²) in [5, 5.41) is 3.54. The molecule has 3 rings (SSSR count). The van der Waals surface area contributed by atoms with Gasteiger partial charge in [-0.3, -0.25) is 0 Å². The molecule has 28 heavy (non-hydrogen) atoms. The molecule has 3 N–H and O–H groups in total. The van der Waals surface area contributed by atoms with Crippen molar-refractivity contribution in [2.45, 2.75) is 63.8 Å². The average molecular weight is 399 g/mol. The van der Waals surface area contributed by atoms with Crippen LogP contribution in [0.4, 0.5) is 29.3 Å². The number of carbonyl (C=O) groups excluding carboxylic acids is 1. The van der Waals surface area contributed by atoms with Crippen LogP contribution in [0.5, 0.6) is 0 Å². The molecular weight excluding hydrogens is 371 g/mol. The fraction of sp³-hybridized carbons (Fsp3) is 0.650. The fourth-order valence-corrected chi connectivity index (χ4v) is 4.18. The molecule has 1 aromatic carbocycles. The maximum atomic E-state index is 12.8. The van der Waals surface area contributed by atoms with Crippen molar-refractivity contribution in [2.75, 3.05) is 23.3 Å². The van der Waals surface area contributed by atoms with Gasteiger partial charge in [-0.25, -0.2) is 4.79 Å². The summed E-state index contributed by atoms with van der Waals surface area (Å²) in [6, 6.07) is 6.33. The van der Waals surface area contributed by atoms with Crippen LogP contribution in [0.3, 0.4) is 0 Å². The zero-order chi connectivity index (χ0) is 20.3. The number of halogens is 3. The molecule has 0 spiro atoms. The number of nitrogens with zero attached hydrogens (tertiary/aromatic N) is 1. The number of hydrogen-bond acceptors (Lipinski definition) is 4. The normalized spacial score (nSPS) is 24.1. The maximum Gasteiger partial charge on any atom is 0.404 e. The lowest BCUT2D eigenvalue weighted by molar-refractivity contribution is -0.179. The van der Waals surface area contributed by atoms with Crippen LogP contribution < -0.4 is 16.0 Å². The van der Waals surface area contributed by atoms with Gasteiger partial charge in [0.15, 0.2) is 0 Å². The van der Waals surface area contributed by atoms with Crippen LogP contribution in [-0.4, -0.2) is 37.5 Å². The number of hydrogen-bond donors (Lipinski definition) is 2. The van der Waals surface area contributed by atoms with Crippen molar-refractivity contribution in [1.82, 2.24) is 0 Å². The number of anilines is 2. The van der Waals surface area contributed by atoms with E-state index in [2.05, 4.69) is 5.32 Å². The van der Waals surface area contributed by atoms with Crippen molar-refractivity contribution < 1.29 is 22.7 Å². The predicted octanol–water partition coefficient (Wildman–Crippen LogP) is 4.59. The van der Waals surface area contributed by atoms with Crippen LogP contribution in [0.15, 0.2) is 18.2 Å². The zero-order valence-electron chi connectivity index (χ0n) is 16.1. The van der Waals surface area contributed by atoms with E-state index >= 15 is 0 Å². The summed E-state index contributed by atoms with van der Waals surface area (Å²) in [5.41, 5.74) is 8.15. The minimum absolute atomic E-state index is 0.0985. The highest BCUT2D eigenvalue weighted by molar-refractivity contribution is 5.64. The molecule has 1 aliphatic heterocycles. The van der Waals surface area contributed by atoms with E-state index in [0.717, 1.165) is 42.6 Å². The summed E-state index contributed by atoms with van der Waals surface area (Å²) < 4.78 is 43.6. The minimum atomic E-state index is -4.09. The number of aryl methyl sites for hydroxylation is 1. The van der Waals surface area contributed by atoms with Crippen LogP contribution in [0.25, 0.3) is 0 Å². The van der Waals surface area contributed by atoms with Crippen LogP contribution in [-0.2, 0) is 4.74 Å². The van der Waals surface area contributed by atoms with Crippen molar-refractivity contribution in [3.8, 4) is 0 Å². The first-order valence-electron chi connectivity index (χ1n) is 9.87. The first-order chi connectivity index (χ1) is 13.2. The lowest BCUT2D eigenvalue weighted by Crippen LogP contribution is -2.39. The second-order valence-corrected chi connectivity index (χ2v) is 7.86. The molecule has 0 unspecified atom stereocenters. The number of ether oxygens (including phenoxy) is 1. The molecule has 1 saturated heterocycles. The maximum absolute atomic E-state index is 12.8. The zero-order valence-corrected chi connectivity index (χ0v) is 16.1. The van der Waals surface area contributed by atoms with Gasteiger partial charge < -0.3 is 20.7 Å². The Balaban J connectivity index is 1.53. The number of alkyl halides is 3. The Morgan fingerprint density at radius 1 is 1.14 bits per heavy atom. The van der Waals surface area contributed by atoms with Gasteiger partial charge >= 0.3 is 12.3 Å². The molecule has 0 aromatic heterocycles. The summed E-state index contributed by atoms with van der Waals surface area (Å²) in [5.74, 6) is -1.18. The van der Waals surface area contributed by atoms with Crippen LogP contribution in [0.1, 0.15) is 44.1 Å². The van der Waals surface area contributed by atoms with E-state index in [1.54, 1.807) is 0 Å². The summed E-state index contributed by atoms with van der Waals surface area (Å²) >= 11 is 0. The molecule has 1 amide bonds. The number of nitrogens with two attached hydrogens (primary N) is 1. The van der Waals surface area contributed by atoms with E-state index in [-0.39, 0.29) is 18.9 Å². The van der Waals surface area contributed by atoms with Crippen molar-refractivity contribution in [2.24, 2.45) is 11.7 Å². The summed E-state index contributed by atoms with van der Waals surface area (Å²) in [7, 11) is 0. The van der Waals surface area contributed by atoms with Crippen LogP contribution in [0.2, 0.25) is 0 Å². The Kier molecular flexibility index (Phi) is 6.25. The van der Waals surface area contributed by atoms with Gasteiger partial charge in [-0.15, -0.1) is 0 Å². The van der Waals surface area contributed by atoms with Gasteiger partial charge in [0, 0.05) is 30.5 Å². The number of piperidine rings is 1. The summed E-state index contributed by atoms with van der Waals surface area (Å²) in [6.07, 6.45) is -1.25. The minimum Gasteiger partial charge on any atom is -0.446 e. The highest BCUT2D eigenvalue weighted by Gasteiger charge is 2.41. The molecule has 1 aliphatic carbocycles. The monoisotopic (exact) mass is 399 g/mol. The van der Waals surface area contributed by atoms with E-state index < -0.39 is 18.2 Å². The molecule has 1 saturated carbocycles. The van der Waals surface area contributed by atoms with Gasteiger partial charge in [-0.1, -0.05) is 0 Å². The highest BCUT2D eigenvalue weighted by Crippen LogP contribution is 2.36. The van der Waals surface area contributed by atoms with E-state index in [1.165, 1.54) is 0 Å². The van der Waals surface area contributed by atoms with Crippen molar-refractivity contribution in [3.05, 3.63) is 23.8 Å². The molecule has 2 aliphatic rings. The fourth-order valence-electron chi connectivity index (χ4n) is 4.18. The van der Waals surface area contributed by atoms with Gasteiger partial charge in [0.25, 0.3) is 0 Å². The summed E-state index contributed by atoms with van der Waals surface area (Å²) in [4.78, 5) is 12.9. The molecule has 0 bridgehead atoms. The molecule has 8 heteroatoms. The third-order valence-corrected chi connectivity index (χ3v) is 5.85. The van der Waals surface area contributed by atoms with E-state index in [9.17, 15) is 18.0 Å². The topological polar surface area (TPSA) is 67.6 Å². The number of benzene rings is 1. The first kappa shape index (κ1) is 20.6. The van der Waals surface area contributed by atoms with Crippen LogP contribution >= 0.6 is 0 Å². The molecule has 156 valence electrons. The molecule has 0 radical (unpaired) electrons. The van der Waals surface area contributed by atoms with Gasteiger partial charge in [-0.2, -0.15) is 13.2 Å². The Morgan fingerprint density at radius 3 is 2.32 bits per heavy atom. The second-order valence-electron chi connectivity index (χ2n) is 7.86. The lowest BCUT2D eigenvalue weighted by atomic mass is 9.92. The second kappa shape index (κ2) is 8.49. The third kappa shape index (κ3) is 5.23. The van der Waals surface area contributed by atoms with E-state index in [4.69, 9.17) is 10.5 Å². The molecule has 5 nitrogen and oxygen atoms in total. The lowest BCUT2D eigenvalue weighted by Gasteiger charge is -2.35. The Hall–Kier alpha value is -2.12. The number of carbonyl (C=O) groups is 1. The predicted molar refractivity (Wildman–Crippen MR) is 103 cm³/mol. The van der Waals surface area contributed by atoms with Crippen molar-refractivity contribution in [3.63, 3.8) is 0 Å². The van der Waals surface area contributed by atoms with Gasteiger partial charge in [0.2, 0.25) is 0 Å². The SMILES string of the molecule is Cc1cc(N2CCC(C(F)(F)F)CC2)ccc1NC1CCC(OC(N)=O)CC1. The Bertz CT molecular complexity index is 680. The standard InChI is InChI=1S/C20H28F3N3O2/c1-13-12-16(26-10-8-14(9-11-26)20(21,22)23)4-7-18(13)25-15-2-5-17(6-3-15)28-19(24)27/h4,7,12,14-15,17,25H,2-3,5-6,8-11H2,1H3,(H2,24,27). The number of primary amides is 1. The van der Waals surface area contributed by atoms with Crippen LogP contribution in [0, 0.1) is 12.8 Å². The average Bonchev–Trinajstić information content (AvgIpc) is 2.64. The smallest absolute Gasteiger partial charge is 0.404 e. The van der Waals surface area contributed by atoms with E-state index in [1.807, 2.05) is 30.0 Å². The first-order valence-corrected chi connectivity index (χ1v) is 9.87. The Labute approximate surface area is 163 Å². The van der Waals surface area contributed by atoms with E-state index in [0.29, 0.717) is 19.1 Å². The molecule has 2 fully saturated rings. The number of amides is 1. The molecule has 0 atom stereocenters. The Morgan fingerprint density at radius 2 is 1.79 bits per heavy atom. The van der Waals surface area contributed by atoms with Crippen molar-refractivity contribution in [1.29, 1.82) is 0 Å². The van der Waals surface area contributed by atoms with Gasteiger partial charge in [0.1, 0.15) is 6.10 Å². The largest absolute Gasteiger partial charge is 0.446 e. The third-order valence-electron chi connectivity index (χ3n) is 5.85. The molecular formula is C20H28F3N3O2. The molecule has 1 heterocycles. The summed E-state index contributed by atoms with van der Waals surface area (Å²) in [6.45, 7) is 2.87. The van der Waals surface area contributed by atoms with Gasteiger partial charge in [-0.05, 0) is 69.2 Å².